The summed E-state index contributed by atoms with van der Waals surface area (Å²) in [4.78, 5) is 19.0. The number of hydrogen-bond acceptors (Lipinski definition) is 6. The summed E-state index contributed by atoms with van der Waals surface area (Å²) in [5, 5.41) is 0. The number of nitrogen functional groups attached to an aromatic ring is 1. The van der Waals surface area contributed by atoms with Crippen LogP contribution in [0.25, 0.3) is 0 Å². The number of piperazine rings is 1. The molecule has 0 bridgehead atoms. The van der Waals surface area contributed by atoms with Crippen LogP contribution in [0.5, 0.6) is 5.75 Å². The number of amides is 1. The number of carbonyl (C=O) groups excluding carboxylic acids is 1. The molecule has 0 unspecified atom stereocenters. The number of piperidine rings is 1. The SMILES string of the molecule is COc1cc(N2CCN(CC3CCN(C(=O)OC(C)(C)C)CC3)CC2)ccc1N. The normalized spacial score (nSPS) is 19.3. The summed E-state index contributed by atoms with van der Waals surface area (Å²) < 4.78 is 10.8. The van der Waals surface area contributed by atoms with E-state index in [-0.39, 0.29) is 6.09 Å². The van der Waals surface area contributed by atoms with Crippen molar-refractivity contribution in [2.45, 2.75) is 39.2 Å². The first-order valence-corrected chi connectivity index (χ1v) is 10.6. The monoisotopic (exact) mass is 404 g/mol. The predicted molar refractivity (Wildman–Crippen MR) is 117 cm³/mol. The summed E-state index contributed by atoms with van der Waals surface area (Å²) in [5.74, 6) is 1.39. The quantitative estimate of drug-likeness (QED) is 0.778. The van der Waals surface area contributed by atoms with Gasteiger partial charge in [0.05, 0.1) is 12.8 Å². The lowest BCUT2D eigenvalue weighted by Gasteiger charge is -2.39. The maximum absolute atomic E-state index is 12.2. The number of hydrogen-bond donors (Lipinski definition) is 1. The lowest BCUT2D eigenvalue weighted by Crippen LogP contribution is -2.49. The Morgan fingerprint density at radius 2 is 1.76 bits per heavy atom. The summed E-state index contributed by atoms with van der Waals surface area (Å²) in [7, 11) is 1.65. The van der Waals surface area contributed by atoms with Gasteiger partial charge in [0.1, 0.15) is 11.4 Å². The molecule has 0 aliphatic carbocycles. The Morgan fingerprint density at radius 1 is 1.10 bits per heavy atom. The minimum absolute atomic E-state index is 0.177. The van der Waals surface area contributed by atoms with Crippen molar-refractivity contribution in [3.05, 3.63) is 18.2 Å². The van der Waals surface area contributed by atoms with Gasteiger partial charge in [-0.05, 0) is 51.7 Å². The molecule has 2 fully saturated rings. The van der Waals surface area contributed by atoms with Gasteiger partial charge in [0.25, 0.3) is 0 Å². The van der Waals surface area contributed by atoms with E-state index in [9.17, 15) is 4.79 Å². The molecule has 0 saturated carbocycles. The van der Waals surface area contributed by atoms with Gasteiger partial charge in [-0.2, -0.15) is 0 Å². The van der Waals surface area contributed by atoms with E-state index in [1.807, 2.05) is 37.8 Å². The Labute approximate surface area is 174 Å². The van der Waals surface area contributed by atoms with E-state index in [1.54, 1.807) is 7.11 Å². The lowest BCUT2D eigenvalue weighted by molar-refractivity contribution is 0.0169. The van der Waals surface area contributed by atoms with Crippen LogP contribution in [0.3, 0.4) is 0 Å². The van der Waals surface area contributed by atoms with E-state index in [1.165, 1.54) is 5.69 Å². The van der Waals surface area contributed by atoms with Crippen LogP contribution in [0.15, 0.2) is 18.2 Å². The van der Waals surface area contributed by atoms with Gasteiger partial charge in [0.2, 0.25) is 0 Å². The largest absolute Gasteiger partial charge is 0.495 e. The van der Waals surface area contributed by atoms with Gasteiger partial charge in [-0.15, -0.1) is 0 Å². The topological polar surface area (TPSA) is 71.3 Å². The Bertz CT molecular complexity index is 688. The Morgan fingerprint density at radius 3 is 2.34 bits per heavy atom. The van der Waals surface area contributed by atoms with Crippen molar-refractivity contribution in [2.75, 3.05) is 63.6 Å². The van der Waals surface area contributed by atoms with Crippen molar-refractivity contribution in [3.8, 4) is 5.75 Å². The molecule has 1 aromatic carbocycles. The molecule has 7 heteroatoms. The fourth-order valence-electron chi connectivity index (χ4n) is 4.07. The van der Waals surface area contributed by atoms with E-state index in [0.717, 1.165) is 64.4 Å². The number of likely N-dealkylation sites (tertiary alicyclic amines) is 1. The van der Waals surface area contributed by atoms with Gasteiger partial charge in [0.15, 0.2) is 0 Å². The highest BCUT2D eigenvalue weighted by molar-refractivity contribution is 5.68. The van der Waals surface area contributed by atoms with Crippen LogP contribution in [0.2, 0.25) is 0 Å². The van der Waals surface area contributed by atoms with E-state index in [0.29, 0.717) is 11.6 Å². The Balaban J connectivity index is 1.42. The number of nitrogens with zero attached hydrogens (tertiary/aromatic N) is 3. The van der Waals surface area contributed by atoms with E-state index in [4.69, 9.17) is 15.2 Å². The van der Waals surface area contributed by atoms with Crippen molar-refractivity contribution in [3.63, 3.8) is 0 Å². The average Bonchev–Trinajstić information content (AvgIpc) is 2.68. The van der Waals surface area contributed by atoms with Crippen LogP contribution in [0.4, 0.5) is 16.2 Å². The van der Waals surface area contributed by atoms with Crippen molar-refractivity contribution < 1.29 is 14.3 Å². The molecule has 0 aromatic heterocycles. The number of anilines is 2. The molecular weight excluding hydrogens is 368 g/mol. The highest BCUT2D eigenvalue weighted by Crippen LogP contribution is 2.28. The summed E-state index contributed by atoms with van der Waals surface area (Å²) >= 11 is 0. The summed E-state index contributed by atoms with van der Waals surface area (Å²) in [6.07, 6.45) is 1.92. The van der Waals surface area contributed by atoms with Gasteiger partial charge < -0.3 is 25.0 Å². The first-order valence-electron chi connectivity index (χ1n) is 10.6. The van der Waals surface area contributed by atoms with Gasteiger partial charge in [0, 0.05) is 57.6 Å². The average molecular weight is 405 g/mol. The fraction of sp³-hybridized carbons (Fsp3) is 0.682. The van der Waals surface area contributed by atoms with E-state index < -0.39 is 5.60 Å². The summed E-state index contributed by atoms with van der Waals surface area (Å²) in [6.45, 7) is 12.6. The van der Waals surface area contributed by atoms with Gasteiger partial charge >= 0.3 is 6.09 Å². The highest BCUT2D eigenvalue weighted by atomic mass is 16.6. The molecule has 2 aliphatic rings. The zero-order valence-electron chi connectivity index (χ0n) is 18.3. The first kappa shape index (κ1) is 21.6. The second-order valence-electron chi connectivity index (χ2n) is 9.12. The van der Waals surface area contributed by atoms with Crippen LogP contribution >= 0.6 is 0 Å². The molecule has 1 amide bonds. The van der Waals surface area contributed by atoms with Crippen molar-refractivity contribution in [1.29, 1.82) is 0 Å². The molecule has 2 heterocycles. The standard InChI is InChI=1S/C22H36N4O3/c1-22(2,3)29-21(27)26-9-7-17(8-10-26)16-24-11-13-25(14-12-24)18-5-6-19(23)20(15-18)28-4/h5-6,15,17H,7-14,16,23H2,1-4H3. The summed E-state index contributed by atoms with van der Waals surface area (Å²) in [6, 6.07) is 6.01. The second-order valence-corrected chi connectivity index (χ2v) is 9.12. The number of rotatable bonds is 4. The van der Waals surface area contributed by atoms with Gasteiger partial charge in [-0.1, -0.05) is 0 Å². The van der Waals surface area contributed by atoms with E-state index in [2.05, 4.69) is 15.9 Å². The van der Waals surface area contributed by atoms with Crippen LogP contribution < -0.4 is 15.4 Å². The third-order valence-electron chi connectivity index (χ3n) is 5.74. The molecule has 1 aromatic rings. The molecule has 162 valence electrons. The summed E-state index contributed by atoms with van der Waals surface area (Å²) in [5.41, 5.74) is 7.34. The third-order valence-corrected chi connectivity index (χ3v) is 5.74. The smallest absolute Gasteiger partial charge is 0.410 e. The minimum Gasteiger partial charge on any atom is -0.495 e. The molecule has 2 N–H and O–H groups in total. The number of nitrogens with two attached hydrogens (primary N) is 1. The van der Waals surface area contributed by atoms with Crippen LogP contribution in [0.1, 0.15) is 33.6 Å². The molecule has 0 atom stereocenters. The van der Waals surface area contributed by atoms with Crippen molar-refractivity contribution in [1.82, 2.24) is 9.80 Å². The van der Waals surface area contributed by atoms with Crippen molar-refractivity contribution in [2.24, 2.45) is 5.92 Å². The second kappa shape index (κ2) is 9.11. The number of carbonyl (C=O) groups is 1. The molecular formula is C22H36N4O3. The number of methoxy groups -OCH3 is 1. The molecule has 0 radical (unpaired) electrons. The molecule has 7 nitrogen and oxygen atoms in total. The minimum atomic E-state index is -0.428. The van der Waals surface area contributed by atoms with Crippen LogP contribution in [-0.4, -0.2) is 74.4 Å². The van der Waals surface area contributed by atoms with Crippen molar-refractivity contribution >= 4 is 17.5 Å². The molecule has 3 rings (SSSR count). The van der Waals surface area contributed by atoms with Gasteiger partial charge in [-0.25, -0.2) is 4.79 Å². The maximum atomic E-state index is 12.2. The third kappa shape index (κ3) is 5.92. The number of ether oxygens (including phenoxy) is 2. The first-order chi connectivity index (χ1) is 13.7. The Hall–Kier alpha value is -2.15. The van der Waals surface area contributed by atoms with Crippen LogP contribution in [0, 0.1) is 5.92 Å². The lowest BCUT2D eigenvalue weighted by atomic mass is 9.96. The number of benzene rings is 1. The Kier molecular flexibility index (Phi) is 6.77. The molecule has 0 spiro atoms. The maximum Gasteiger partial charge on any atom is 0.410 e. The van der Waals surface area contributed by atoms with E-state index >= 15 is 0 Å². The van der Waals surface area contributed by atoms with Crippen LogP contribution in [-0.2, 0) is 4.74 Å². The molecule has 29 heavy (non-hydrogen) atoms. The predicted octanol–water partition coefficient (Wildman–Crippen LogP) is 3.05. The zero-order chi connectivity index (χ0) is 21.0. The molecule has 2 aliphatic heterocycles. The van der Waals surface area contributed by atoms with Gasteiger partial charge in [-0.3, -0.25) is 4.90 Å². The zero-order valence-corrected chi connectivity index (χ0v) is 18.3. The fourth-order valence-corrected chi connectivity index (χ4v) is 4.07. The molecule has 2 saturated heterocycles. The highest BCUT2D eigenvalue weighted by Gasteiger charge is 2.28.